The lowest BCUT2D eigenvalue weighted by Gasteiger charge is -2.27. The van der Waals surface area contributed by atoms with E-state index in [2.05, 4.69) is 381 Å². The predicted molar refractivity (Wildman–Crippen MR) is 460 cm³/mol. The van der Waals surface area contributed by atoms with Gasteiger partial charge in [-0.25, -0.2) is 0 Å². The van der Waals surface area contributed by atoms with Crippen molar-refractivity contribution in [1.82, 2.24) is 9.13 Å². The van der Waals surface area contributed by atoms with Crippen LogP contribution in [0.1, 0.15) is 105 Å². The Morgan fingerprint density at radius 3 is 0.889 bits per heavy atom. The van der Waals surface area contributed by atoms with Crippen LogP contribution in [-0.4, -0.2) is 9.13 Å². The van der Waals surface area contributed by atoms with Crippen molar-refractivity contribution in [2.24, 2.45) is 0 Å². The molecule has 0 spiro atoms. The first-order chi connectivity index (χ1) is 52.0. The summed E-state index contributed by atoms with van der Waals surface area (Å²) in [7, 11) is 0. The van der Waals surface area contributed by atoms with Crippen LogP contribution in [0.25, 0.3) is 143 Å². The number of aromatic nitrogens is 2. The van der Waals surface area contributed by atoms with E-state index < -0.39 is 0 Å². The van der Waals surface area contributed by atoms with Gasteiger partial charge in [-0.3, -0.25) is 0 Å². The highest BCUT2D eigenvalue weighted by Gasteiger charge is 2.27. The van der Waals surface area contributed by atoms with Crippen molar-refractivity contribution in [2.75, 3.05) is 9.80 Å². The number of benzene rings is 15. The van der Waals surface area contributed by atoms with Gasteiger partial charge < -0.3 is 27.8 Å². The fraction of sp³-hybridized carbons (Fsp3) is 0.157. The molecule has 0 aliphatic rings. The Hall–Kier alpha value is -12.4. The summed E-state index contributed by atoms with van der Waals surface area (Å²) in [6, 6.07) is 113. The second kappa shape index (κ2) is 24.6. The summed E-state index contributed by atoms with van der Waals surface area (Å²) < 4.78 is 17.8. The number of furan rings is 2. The van der Waals surface area contributed by atoms with Crippen molar-refractivity contribution in [1.29, 1.82) is 0 Å². The zero-order valence-electron chi connectivity index (χ0n) is 63.5. The van der Waals surface area contributed by atoms with Gasteiger partial charge in [0.15, 0.2) is 0 Å². The number of para-hydroxylation sites is 2. The summed E-state index contributed by atoms with van der Waals surface area (Å²) in [6.07, 6.45) is 0. The second-order valence-electron chi connectivity index (χ2n) is 33.9. The first-order valence-corrected chi connectivity index (χ1v) is 38.0. The van der Waals surface area contributed by atoms with Crippen LogP contribution in [0.2, 0.25) is 0 Å². The van der Waals surface area contributed by atoms with Gasteiger partial charge in [-0.1, -0.05) is 241 Å². The van der Waals surface area contributed by atoms with Gasteiger partial charge in [0.1, 0.15) is 22.7 Å². The summed E-state index contributed by atoms with van der Waals surface area (Å²) in [4.78, 5) is 4.84. The first-order valence-electron chi connectivity index (χ1n) is 38.0. The second-order valence-corrected chi connectivity index (χ2v) is 33.9. The van der Waals surface area contributed by atoms with E-state index in [0.29, 0.717) is 0 Å². The fourth-order valence-electron chi connectivity index (χ4n) is 16.6. The Bertz CT molecular complexity index is 6330. The maximum Gasteiger partial charge on any atom is 0.135 e. The first kappa shape index (κ1) is 66.3. The van der Waals surface area contributed by atoms with Gasteiger partial charge in [0.05, 0.1) is 22.1 Å². The number of hydrogen-bond donors (Lipinski definition) is 0. The smallest absolute Gasteiger partial charge is 0.135 e. The third-order valence-corrected chi connectivity index (χ3v) is 22.6. The summed E-state index contributed by atoms with van der Waals surface area (Å²) in [5.41, 5.74) is 22.4. The fourth-order valence-corrected chi connectivity index (χ4v) is 16.6. The molecule has 0 amide bonds. The van der Waals surface area contributed by atoms with E-state index in [-0.39, 0.29) is 21.7 Å². The molecule has 19 rings (SSSR count). The van der Waals surface area contributed by atoms with E-state index in [9.17, 15) is 0 Å². The highest BCUT2D eigenvalue weighted by Crippen LogP contribution is 2.48. The van der Waals surface area contributed by atoms with Crippen LogP contribution in [0, 0.1) is 0 Å². The van der Waals surface area contributed by atoms with Crippen molar-refractivity contribution in [3.63, 3.8) is 0 Å². The average molecular weight is 1400 g/mol. The molecule has 6 heteroatoms. The van der Waals surface area contributed by atoms with E-state index in [1.165, 1.54) is 65.6 Å². The van der Waals surface area contributed by atoms with Gasteiger partial charge in [-0.05, 0) is 222 Å². The molecular weight excluding hydrogens is 1310 g/mol. The molecule has 0 fully saturated rings. The molecule has 0 atom stereocenters. The Kier molecular flexibility index (Phi) is 15.1. The summed E-state index contributed by atoms with van der Waals surface area (Å²) >= 11 is 0. The van der Waals surface area contributed by atoms with Crippen LogP contribution in [0.15, 0.2) is 312 Å². The van der Waals surface area contributed by atoms with E-state index >= 15 is 0 Å². The highest BCUT2D eigenvalue weighted by molar-refractivity contribution is 6.26. The van der Waals surface area contributed by atoms with Crippen LogP contribution in [0.5, 0.6) is 0 Å². The zero-order chi connectivity index (χ0) is 73.9. The number of hydrogen-bond acceptors (Lipinski definition) is 4. The number of fused-ring (bicyclic) bond motifs is 14. The highest BCUT2D eigenvalue weighted by atomic mass is 16.3. The van der Waals surface area contributed by atoms with Crippen LogP contribution in [0.3, 0.4) is 0 Å². The Morgan fingerprint density at radius 1 is 0.231 bits per heavy atom. The molecule has 0 aliphatic heterocycles. The lowest BCUT2D eigenvalue weighted by atomic mass is 9.87. The maximum atomic E-state index is 6.36. The Morgan fingerprint density at radius 2 is 0.528 bits per heavy atom. The largest absolute Gasteiger partial charge is 0.456 e. The van der Waals surface area contributed by atoms with Crippen molar-refractivity contribution >= 4 is 143 Å². The van der Waals surface area contributed by atoms with E-state index in [0.717, 1.165) is 133 Å². The third-order valence-electron chi connectivity index (χ3n) is 22.6. The molecule has 15 aromatic carbocycles. The molecule has 4 heterocycles. The lowest BCUT2D eigenvalue weighted by Crippen LogP contribution is -2.13. The minimum atomic E-state index is -0.0249. The Labute approximate surface area is 630 Å². The van der Waals surface area contributed by atoms with Crippen LogP contribution < -0.4 is 9.80 Å². The molecule has 0 unspecified atom stereocenters. The summed E-state index contributed by atoms with van der Waals surface area (Å²) in [5.74, 6) is 1.74. The molecule has 19 aromatic rings. The minimum absolute atomic E-state index is 0.00179. The van der Waals surface area contributed by atoms with Gasteiger partial charge >= 0.3 is 0 Å². The third kappa shape index (κ3) is 11.4. The van der Waals surface area contributed by atoms with Gasteiger partial charge in [0, 0.05) is 99.7 Å². The molecule has 6 nitrogen and oxygen atoms in total. The molecule has 0 radical (unpaired) electrons. The summed E-state index contributed by atoms with van der Waals surface area (Å²) in [6.45, 7) is 27.5. The SMILES string of the molecule is CC(C)(C)c1ccc(N(c2ccc3cc(-c4cc5ccccc5o4)ccc3c2)c2ccc3c(ccc4c5cc6c(cc5n(-c5ccc(C(C)(C)C)cc5)c34)c3ccc4cc(N(c5ccc(C(C)(C)C)cc5)c5ccc7cc(-c8cc9ccccc9o8)ccc7c5)ccc4c3n6-c3ccc(C(C)(C)C)cc3)c2)cc1. The quantitative estimate of drug-likeness (QED) is 0.137. The van der Waals surface area contributed by atoms with E-state index in [1.54, 1.807) is 0 Å². The number of rotatable bonds is 10. The van der Waals surface area contributed by atoms with Crippen molar-refractivity contribution in [3.05, 3.63) is 326 Å². The standard InChI is InChI=1S/C102H86N4O2/c1-99(2,3)73-29-39-77(40-30-73)103(81-37-25-63-53-71(23-21-65(63)55-81)95-59-69-17-13-15-19-93(69)107-95)83-47-51-85-67(57-83)27-49-87-89-61-92-90(62-91(89)105(97(85)87)79-43-33-75(34-44-79)101(7,8)9)88-50-28-68-58-84(48-52-86(68)98(88)106(92)80-45-35-76(36-46-80)102(10,11)12)104(78-41-31-74(32-42-78)100(4,5)6)82-38-26-64-54-72(24-22-66(64)56-82)96-60-70-18-14-16-20-94(70)108-96/h13-62H,1-12H3. The molecule has 108 heavy (non-hydrogen) atoms. The van der Waals surface area contributed by atoms with Gasteiger partial charge in [0.2, 0.25) is 0 Å². The minimum Gasteiger partial charge on any atom is -0.456 e. The van der Waals surface area contributed by atoms with Crippen LogP contribution >= 0.6 is 0 Å². The average Bonchev–Trinajstić information content (AvgIpc) is 1.54. The van der Waals surface area contributed by atoms with Crippen molar-refractivity contribution < 1.29 is 8.83 Å². The van der Waals surface area contributed by atoms with Crippen molar-refractivity contribution in [3.8, 4) is 34.0 Å². The number of anilines is 6. The molecule has 0 aliphatic carbocycles. The van der Waals surface area contributed by atoms with E-state index in [1.807, 2.05) is 24.3 Å². The molecule has 0 saturated carbocycles. The Balaban J connectivity index is 0.783. The number of nitrogens with zero attached hydrogens (tertiary/aromatic N) is 4. The maximum absolute atomic E-state index is 6.36. The molecule has 526 valence electrons. The summed E-state index contributed by atoms with van der Waals surface area (Å²) in [5, 5.41) is 16.3. The molecule has 0 N–H and O–H groups in total. The molecule has 0 bridgehead atoms. The van der Waals surface area contributed by atoms with E-state index in [4.69, 9.17) is 8.83 Å². The van der Waals surface area contributed by atoms with Crippen LogP contribution in [-0.2, 0) is 21.7 Å². The molecule has 0 saturated heterocycles. The lowest BCUT2D eigenvalue weighted by molar-refractivity contribution is 0.590. The zero-order valence-corrected chi connectivity index (χ0v) is 63.5. The van der Waals surface area contributed by atoms with Gasteiger partial charge in [0.25, 0.3) is 0 Å². The van der Waals surface area contributed by atoms with Crippen LogP contribution in [0.4, 0.5) is 34.1 Å². The van der Waals surface area contributed by atoms with Crippen molar-refractivity contribution in [2.45, 2.75) is 105 Å². The normalized spacial score (nSPS) is 12.6. The monoisotopic (exact) mass is 1400 g/mol. The predicted octanol–water partition coefficient (Wildman–Crippen LogP) is 29.4. The van der Waals surface area contributed by atoms with Gasteiger partial charge in [-0.2, -0.15) is 0 Å². The molecular formula is C102H86N4O2. The van der Waals surface area contributed by atoms with Gasteiger partial charge in [-0.15, -0.1) is 0 Å². The topological polar surface area (TPSA) is 42.6 Å². The molecule has 4 aromatic heterocycles.